The lowest BCUT2D eigenvalue weighted by molar-refractivity contribution is -0.143. The summed E-state index contributed by atoms with van der Waals surface area (Å²) in [6.45, 7) is 4.66. The Morgan fingerprint density at radius 3 is 2.27 bits per heavy atom. The van der Waals surface area contributed by atoms with Crippen LogP contribution in [0.2, 0.25) is 0 Å². The topological polar surface area (TPSA) is 82.1 Å². The summed E-state index contributed by atoms with van der Waals surface area (Å²) < 4.78 is 46.7. The molecule has 1 aliphatic rings. The summed E-state index contributed by atoms with van der Waals surface area (Å²) in [7, 11) is -3.92. The molecule has 1 atom stereocenters. The fraction of sp³-hybridized carbons (Fsp3) is 0.895. The van der Waals surface area contributed by atoms with Gasteiger partial charge in [-0.15, -0.1) is 0 Å². The SMILES string of the molecule is CCCCCCCCCCCC1(C)OC=C(COCCCS(=O)(=O)O)O1. The Morgan fingerprint density at radius 1 is 1.04 bits per heavy atom. The second-order valence-corrected chi connectivity index (χ2v) is 8.78. The van der Waals surface area contributed by atoms with Crippen molar-refractivity contribution in [3.63, 3.8) is 0 Å². The molecule has 1 N–H and O–H groups in total. The van der Waals surface area contributed by atoms with Crippen LogP contribution in [0.5, 0.6) is 0 Å². The summed E-state index contributed by atoms with van der Waals surface area (Å²) in [5.41, 5.74) is 0. The maximum Gasteiger partial charge on any atom is 0.264 e. The zero-order valence-electron chi connectivity index (χ0n) is 16.4. The Hall–Kier alpha value is -0.790. The van der Waals surface area contributed by atoms with E-state index in [2.05, 4.69) is 6.92 Å². The van der Waals surface area contributed by atoms with Crippen LogP contribution in [0.25, 0.3) is 0 Å². The lowest BCUT2D eigenvalue weighted by atomic mass is 10.0. The zero-order chi connectivity index (χ0) is 19.3. The molecule has 0 aromatic rings. The van der Waals surface area contributed by atoms with Crippen LogP contribution in [-0.2, 0) is 24.3 Å². The van der Waals surface area contributed by atoms with E-state index in [0.29, 0.717) is 5.76 Å². The van der Waals surface area contributed by atoms with Gasteiger partial charge in [0.25, 0.3) is 10.1 Å². The van der Waals surface area contributed by atoms with Gasteiger partial charge in [-0.1, -0.05) is 58.3 Å². The Bertz CT molecular complexity index is 502. The summed E-state index contributed by atoms with van der Waals surface area (Å²) >= 11 is 0. The van der Waals surface area contributed by atoms with E-state index < -0.39 is 15.9 Å². The van der Waals surface area contributed by atoms with Crippen LogP contribution in [-0.4, -0.2) is 37.7 Å². The fourth-order valence-corrected chi connectivity index (χ4v) is 3.44. The van der Waals surface area contributed by atoms with Crippen molar-refractivity contribution in [1.82, 2.24) is 0 Å². The highest BCUT2D eigenvalue weighted by Crippen LogP contribution is 2.30. The molecule has 0 aromatic carbocycles. The average molecular weight is 393 g/mol. The van der Waals surface area contributed by atoms with Gasteiger partial charge in [0, 0.05) is 20.0 Å². The molecule has 0 saturated heterocycles. The Balaban J connectivity index is 2.01. The van der Waals surface area contributed by atoms with Crippen molar-refractivity contribution >= 4 is 10.1 Å². The fourth-order valence-electron chi connectivity index (χ4n) is 2.96. The van der Waals surface area contributed by atoms with Crippen molar-refractivity contribution in [2.24, 2.45) is 0 Å². The van der Waals surface area contributed by atoms with Crippen LogP contribution < -0.4 is 0 Å². The molecule has 1 rings (SSSR count). The second-order valence-electron chi connectivity index (χ2n) is 7.21. The standard InChI is InChI=1S/C19H36O6S/c1-3-4-5-6-7-8-9-10-11-13-19(2)24-17-18(25-19)16-23-14-12-15-26(20,21)22/h17H,3-16H2,1-2H3,(H,20,21,22). The Morgan fingerprint density at radius 2 is 1.65 bits per heavy atom. The van der Waals surface area contributed by atoms with Gasteiger partial charge in [-0.3, -0.25) is 4.55 Å². The molecule has 6 nitrogen and oxygen atoms in total. The molecule has 0 aliphatic carbocycles. The third-order valence-electron chi connectivity index (χ3n) is 4.46. The van der Waals surface area contributed by atoms with Gasteiger partial charge in [-0.05, 0) is 12.8 Å². The van der Waals surface area contributed by atoms with Crippen LogP contribution in [0, 0.1) is 0 Å². The van der Waals surface area contributed by atoms with Gasteiger partial charge in [0.2, 0.25) is 5.79 Å². The van der Waals surface area contributed by atoms with E-state index in [0.717, 1.165) is 12.8 Å². The van der Waals surface area contributed by atoms with Crippen LogP contribution >= 0.6 is 0 Å². The van der Waals surface area contributed by atoms with Crippen LogP contribution in [0.3, 0.4) is 0 Å². The minimum atomic E-state index is -3.92. The molecule has 7 heteroatoms. The van der Waals surface area contributed by atoms with Crippen LogP contribution in [0.15, 0.2) is 12.0 Å². The Labute approximate surface area is 159 Å². The third-order valence-corrected chi connectivity index (χ3v) is 5.26. The summed E-state index contributed by atoms with van der Waals surface area (Å²) in [6, 6.07) is 0. The van der Waals surface area contributed by atoms with Crippen molar-refractivity contribution < 1.29 is 27.2 Å². The average Bonchev–Trinajstić information content (AvgIpc) is 2.93. The van der Waals surface area contributed by atoms with Gasteiger partial charge in [-0.25, -0.2) is 0 Å². The summed E-state index contributed by atoms with van der Waals surface area (Å²) in [4.78, 5) is 0. The van der Waals surface area contributed by atoms with Crippen LogP contribution in [0.1, 0.15) is 84.5 Å². The lowest BCUT2D eigenvalue weighted by Crippen LogP contribution is -2.26. The van der Waals surface area contributed by atoms with Gasteiger partial charge in [0.05, 0.1) is 5.75 Å². The Kier molecular flexibility index (Phi) is 11.2. The lowest BCUT2D eigenvalue weighted by Gasteiger charge is -2.24. The molecule has 0 bridgehead atoms. The first-order valence-corrected chi connectivity index (χ1v) is 11.5. The van der Waals surface area contributed by atoms with Crippen molar-refractivity contribution in [1.29, 1.82) is 0 Å². The largest absolute Gasteiger partial charge is 0.457 e. The normalized spacial score (nSPS) is 19.9. The van der Waals surface area contributed by atoms with E-state index in [1.165, 1.54) is 51.4 Å². The zero-order valence-corrected chi connectivity index (χ0v) is 17.2. The van der Waals surface area contributed by atoms with Gasteiger partial charge >= 0.3 is 0 Å². The number of rotatable bonds is 16. The second kappa shape index (κ2) is 12.6. The quantitative estimate of drug-likeness (QED) is 0.300. The summed E-state index contributed by atoms with van der Waals surface area (Å²) in [5, 5.41) is 0. The molecular formula is C19H36O6S. The molecule has 0 saturated carbocycles. The molecule has 0 amide bonds. The maximum atomic E-state index is 10.6. The van der Waals surface area contributed by atoms with Gasteiger partial charge in [0.15, 0.2) is 5.76 Å². The summed E-state index contributed by atoms with van der Waals surface area (Å²) in [6.07, 6.45) is 14.2. The molecule has 154 valence electrons. The van der Waals surface area contributed by atoms with Crippen molar-refractivity contribution in [2.45, 2.75) is 90.3 Å². The van der Waals surface area contributed by atoms with E-state index in [9.17, 15) is 8.42 Å². The number of hydrogen-bond donors (Lipinski definition) is 1. The number of unbranched alkanes of at least 4 members (excludes halogenated alkanes) is 8. The number of ether oxygens (including phenoxy) is 3. The van der Waals surface area contributed by atoms with Crippen molar-refractivity contribution in [3.05, 3.63) is 12.0 Å². The predicted molar refractivity (Wildman–Crippen MR) is 102 cm³/mol. The first kappa shape index (κ1) is 23.2. The van der Waals surface area contributed by atoms with E-state index in [4.69, 9.17) is 18.8 Å². The first-order valence-electron chi connectivity index (χ1n) is 9.93. The molecule has 26 heavy (non-hydrogen) atoms. The molecule has 1 aliphatic heterocycles. The monoisotopic (exact) mass is 392 g/mol. The highest BCUT2D eigenvalue weighted by Gasteiger charge is 2.32. The molecule has 1 heterocycles. The van der Waals surface area contributed by atoms with Crippen molar-refractivity contribution in [3.8, 4) is 0 Å². The maximum absolute atomic E-state index is 10.6. The third kappa shape index (κ3) is 11.8. The summed E-state index contributed by atoms with van der Waals surface area (Å²) in [5.74, 6) is -0.288. The van der Waals surface area contributed by atoms with E-state index >= 15 is 0 Å². The van der Waals surface area contributed by atoms with E-state index in [1.54, 1.807) is 6.26 Å². The van der Waals surface area contributed by atoms with E-state index in [1.807, 2.05) is 6.92 Å². The van der Waals surface area contributed by atoms with Gasteiger partial charge < -0.3 is 14.2 Å². The molecule has 0 aromatic heterocycles. The minimum Gasteiger partial charge on any atom is -0.457 e. The van der Waals surface area contributed by atoms with E-state index in [-0.39, 0.29) is 25.4 Å². The van der Waals surface area contributed by atoms with Gasteiger partial charge in [-0.2, -0.15) is 8.42 Å². The predicted octanol–water partition coefficient (Wildman–Crippen LogP) is 4.81. The highest BCUT2D eigenvalue weighted by molar-refractivity contribution is 7.85. The van der Waals surface area contributed by atoms with Gasteiger partial charge in [0.1, 0.15) is 12.9 Å². The minimum absolute atomic E-state index is 0.245. The molecular weight excluding hydrogens is 356 g/mol. The van der Waals surface area contributed by atoms with Crippen molar-refractivity contribution in [2.75, 3.05) is 19.0 Å². The smallest absolute Gasteiger partial charge is 0.264 e. The van der Waals surface area contributed by atoms with Crippen LogP contribution in [0.4, 0.5) is 0 Å². The highest BCUT2D eigenvalue weighted by atomic mass is 32.2. The molecule has 0 spiro atoms. The molecule has 1 unspecified atom stereocenters. The molecule has 0 radical (unpaired) electrons. The number of hydrogen-bond acceptors (Lipinski definition) is 5. The molecule has 0 fully saturated rings. The first-order chi connectivity index (χ1) is 12.3.